The molecule has 3 aromatic rings. The summed E-state index contributed by atoms with van der Waals surface area (Å²) < 4.78 is 7.42. The van der Waals surface area contributed by atoms with E-state index in [1.54, 1.807) is 41.2 Å². The molecular weight excluding hydrogens is 373 g/mol. The quantitative estimate of drug-likeness (QED) is 0.677. The van der Waals surface area contributed by atoms with Crippen LogP contribution in [-0.2, 0) is 13.7 Å². The molecule has 5 nitrogen and oxygen atoms in total. The molecule has 1 amide bonds. The van der Waals surface area contributed by atoms with Crippen LogP contribution in [0.5, 0.6) is 5.75 Å². The van der Waals surface area contributed by atoms with Crippen LogP contribution in [0.15, 0.2) is 48.7 Å². The topological polar surface area (TPSA) is 56.1 Å². The zero-order valence-corrected chi connectivity index (χ0v) is 15.8. The van der Waals surface area contributed by atoms with E-state index in [1.807, 2.05) is 26.1 Å². The summed E-state index contributed by atoms with van der Waals surface area (Å²) in [6.07, 6.45) is 1.63. The highest BCUT2D eigenvalue weighted by molar-refractivity contribution is 6.42. The Morgan fingerprint density at radius 3 is 2.73 bits per heavy atom. The molecule has 1 N–H and O–H groups in total. The normalized spacial score (nSPS) is 10.6. The summed E-state index contributed by atoms with van der Waals surface area (Å²) in [5.41, 5.74) is 2.95. The summed E-state index contributed by atoms with van der Waals surface area (Å²) in [6, 6.07) is 12.4. The lowest BCUT2D eigenvalue weighted by Gasteiger charge is -2.10. The van der Waals surface area contributed by atoms with Crippen molar-refractivity contribution in [1.82, 2.24) is 9.78 Å². The molecule has 134 valence electrons. The molecule has 2 aromatic carbocycles. The number of nitrogens with one attached hydrogen (secondary N) is 1. The lowest BCUT2D eigenvalue weighted by atomic mass is 10.1. The molecular formula is C19H17Cl2N3O2. The van der Waals surface area contributed by atoms with E-state index in [0.29, 0.717) is 27.0 Å². The third kappa shape index (κ3) is 4.00. The predicted molar refractivity (Wildman–Crippen MR) is 103 cm³/mol. The average Bonchev–Trinajstić information content (AvgIpc) is 2.95. The zero-order chi connectivity index (χ0) is 18.7. The van der Waals surface area contributed by atoms with Crippen molar-refractivity contribution in [2.75, 3.05) is 5.32 Å². The van der Waals surface area contributed by atoms with Crippen molar-refractivity contribution in [2.45, 2.75) is 13.5 Å². The van der Waals surface area contributed by atoms with Crippen LogP contribution in [0, 0.1) is 6.92 Å². The van der Waals surface area contributed by atoms with E-state index in [4.69, 9.17) is 27.9 Å². The molecule has 0 radical (unpaired) electrons. The minimum Gasteiger partial charge on any atom is -0.487 e. The molecule has 26 heavy (non-hydrogen) atoms. The molecule has 0 bridgehead atoms. The number of hydrogen-bond acceptors (Lipinski definition) is 3. The van der Waals surface area contributed by atoms with Crippen LogP contribution in [0.2, 0.25) is 10.0 Å². The van der Waals surface area contributed by atoms with Crippen LogP contribution in [0.1, 0.15) is 21.6 Å². The summed E-state index contributed by atoms with van der Waals surface area (Å²) in [4.78, 5) is 12.5. The Morgan fingerprint density at radius 1 is 1.23 bits per heavy atom. The van der Waals surface area contributed by atoms with Gasteiger partial charge in [-0.15, -0.1) is 0 Å². The molecule has 0 aliphatic heterocycles. The number of hydrogen-bond donors (Lipinski definition) is 1. The molecule has 1 aromatic heterocycles. The Kier molecular flexibility index (Phi) is 5.49. The van der Waals surface area contributed by atoms with E-state index in [2.05, 4.69) is 10.4 Å². The van der Waals surface area contributed by atoms with Gasteiger partial charge in [0.05, 0.1) is 22.6 Å². The molecule has 0 spiro atoms. The Bertz CT molecular complexity index is 954. The SMILES string of the molecule is Cc1c(NC(=O)c2cccc(COc3cccc(Cl)c3Cl)c2)cnn1C. The highest BCUT2D eigenvalue weighted by Gasteiger charge is 2.11. The number of aryl methyl sites for hydroxylation is 1. The van der Waals surface area contributed by atoms with Gasteiger partial charge in [0, 0.05) is 12.6 Å². The van der Waals surface area contributed by atoms with Gasteiger partial charge in [0.25, 0.3) is 5.91 Å². The molecule has 0 saturated carbocycles. The number of anilines is 1. The average molecular weight is 390 g/mol. The van der Waals surface area contributed by atoms with E-state index >= 15 is 0 Å². The van der Waals surface area contributed by atoms with Crippen molar-refractivity contribution in [2.24, 2.45) is 7.05 Å². The number of ether oxygens (including phenoxy) is 1. The van der Waals surface area contributed by atoms with Crippen molar-refractivity contribution in [3.63, 3.8) is 0 Å². The Labute approximate surface area is 161 Å². The first-order valence-corrected chi connectivity index (χ1v) is 8.67. The maximum atomic E-state index is 12.5. The first kappa shape index (κ1) is 18.3. The smallest absolute Gasteiger partial charge is 0.255 e. The number of nitrogens with zero attached hydrogens (tertiary/aromatic N) is 2. The second-order valence-corrected chi connectivity index (χ2v) is 6.55. The molecule has 3 rings (SSSR count). The van der Waals surface area contributed by atoms with Crippen molar-refractivity contribution in [3.05, 3.63) is 75.5 Å². The number of benzene rings is 2. The number of rotatable bonds is 5. The van der Waals surface area contributed by atoms with Gasteiger partial charge < -0.3 is 10.1 Å². The number of halogens is 2. The third-order valence-electron chi connectivity index (χ3n) is 3.98. The molecule has 0 aliphatic carbocycles. The largest absolute Gasteiger partial charge is 0.487 e. The van der Waals surface area contributed by atoms with Crippen LogP contribution < -0.4 is 10.1 Å². The van der Waals surface area contributed by atoms with Crippen LogP contribution in [0.4, 0.5) is 5.69 Å². The molecule has 0 unspecified atom stereocenters. The standard InChI is InChI=1S/C19H17Cl2N3O2/c1-12-16(10-22-24(12)2)23-19(25)14-6-3-5-13(9-14)11-26-17-8-4-7-15(20)18(17)21/h3-10H,11H2,1-2H3,(H,23,25). The van der Waals surface area contributed by atoms with Gasteiger partial charge in [-0.3, -0.25) is 9.48 Å². The van der Waals surface area contributed by atoms with E-state index < -0.39 is 0 Å². The summed E-state index contributed by atoms with van der Waals surface area (Å²) in [5.74, 6) is 0.295. The monoisotopic (exact) mass is 389 g/mol. The number of carbonyl (C=O) groups excluding carboxylic acids is 1. The summed E-state index contributed by atoms with van der Waals surface area (Å²) in [7, 11) is 1.82. The molecule has 1 heterocycles. The summed E-state index contributed by atoms with van der Waals surface area (Å²) in [5, 5.41) is 7.79. The molecule has 7 heteroatoms. The first-order valence-electron chi connectivity index (χ1n) is 7.91. The van der Waals surface area contributed by atoms with Gasteiger partial charge in [0.1, 0.15) is 17.4 Å². The number of amides is 1. The fourth-order valence-corrected chi connectivity index (χ4v) is 2.72. The van der Waals surface area contributed by atoms with Gasteiger partial charge in [-0.05, 0) is 36.8 Å². The Hall–Kier alpha value is -2.50. The Balaban J connectivity index is 1.70. The minimum absolute atomic E-state index is 0.205. The van der Waals surface area contributed by atoms with Gasteiger partial charge >= 0.3 is 0 Å². The molecule has 0 atom stereocenters. The fraction of sp³-hybridized carbons (Fsp3) is 0.158. The lowest BCUT2D eigenvalue weighted by Crippen LogP contribution is -2.13. The second kappa shape index (κ2) is 7.81. The maximum Gasteiger partial charge on any atom is 0.255 e. The van der Waals surface area contributed by atoms with Crippen LogP contribution in [0.3, 0.4) is 0 Å². The van der Waals surface area contributed by atoms with Crippen LogP contribution in [-0.4, -0.2) is 15.7 Å². The van der Waals surface area contributed by atoms with Crippen LogP contribution in [0.25, 0.3) is 0 Å². The van der Waals surface area contributed by atoms with Crippen molar-refractivity contribution < 1.29 is 9.53 Å². The van der Waals surface area contributed by atoms with Crippen molar-refractivity contribution in [1.29, 1.82) is 0 Å². The minimum atomic E-state index is -0.205. The molecule has 0 aliphatic rings. The fourth-order valence-electron chi connectivity index (χ4n) is 2.37. The van der Waals surface area contributed by atoms with Crippen LogP contribution >= 0.6 is 23.2 Å². The van der Waals surface area contributed by atoms with Gasteiger partial charge in [-0.25, -0.2) is 0 Å². The molecule has 0 fully saturated rings. The van der Waals surface area contributed by atoms with E-state index in [9.17, 15) is 4.79 Å². The van der Waals surface area contributed by atoms with Crippen molar-refractivity contribution >= 4 is 34.8 Å². The maximum absolute atomic E-state index is 12.5. The number of carbonyl (C=O) groups is 1. The second-order valence-electron chi connectivity index (χ2n) is 5.76. The zero-order valence-electron chi connectivity index (χ0n) is 14.3. The van der Waals surface area contributed by atoms with E-state index in [-0.39, 0.29) is 12.5 Å². The van der Waals surface area contributed by atoms with Gasteiger partial charge in [0.2, 0.25) is 0 Å². The van der Waals surface area contributed by atoms with E-state index in [1.165, 1.54) is 0 Å². The summed E-state index contributed by atoms with van der Waals surface area (Å²) >= 11 is 12.1. The van der Waals surface area contributed by atoms with Gasteiger partial charge in [0.15, 0.2) is 0 Å². The van der Waals surface area contributed by atoms with Gasteiger partial charge in [-0.2, -0.15) is 5.10 Å². The van der Waals surface area contributed by atoms with E-state index in [0.717, 1.165) is 11.3 Å². The lowest BCUT2D eigenvalue weighted by molar-refractivity contribution is 0.102. The van der Waals surface area contributed by atoms with Gasteiger partial charge in [-0.1, -0.05) is 41.4 Å². The molecule has 0 saturated heterocycles. The predicted octanol–water partition coefficient (Wildman–Crippen LogP) is 4.87. The Morgan fingerprint density at radius 2 is 2.00 bits per heavy atom. The summed E-state index contributed by atoms with van der Waals surface area (Å²) in [6.45, 7) is 2.16. The highest BCUT2D eigenvalue weighted by atomic mass is 35.5. The third-order valence-corrected chi connectivity index (χ3v) is 4.78. The number of aromatic nitrogens is 2. The van der Waals surface area contributed by atoms with Crippen molar-refractivity contribution in [3.8, 4) is 5.75 Å². The highest BCUT2D eigenvalue weighted by Crippen LogP contribution is 2.32. The first-order chi connectivity index (χ1) is 12.5.